The number of aliphatic hydroxyl groups is 1. The third-order valence-corrected chi connectivity index (χ3v) is 7.77. The zero-order valence-corrected chi connectivity index (χ0v) is 21.3. The smallest absolute Gasteiger partial charge is 0.231 e. The van der Waals surface area contributed by atoms with Gasteiger partial charge in [-0.3, -0.25) is 14.5 Å². The molecule has 1 aliphatic carbocycles. The van der Waals surface area contributed by atoms with Crippen molar-refractivity contribution in [2.45, 2.75) is 82.7 Å². The van der Waals surface area contributed by atoms with Crippen LogP contribution in [-0.2, 0) is 14.3 Å². The van der Waals surface area contributed by atoms with E-state index in [1.54, 1.807) is 12.0 Å². The highest BCUT2D eigenvalue weighted by Crippen LogP contribution is 2.47. The van der Waals surface area contributed by atoms with E-state index >= 15 is 0 Å². The van der Waals surface area contributed by atoms with Crippen LogP contribution in [0.1, 0.15) is 65.0 Å². The maximum atomic E-state index is 13.4. The molecule has 9 nitrogen and oxygen atoms in total. The van der Waals surface area contributed by atoms with Gasteiger partial charge in [0, 0.05) is 31.2 Å². The number of para-hydroxylation sites is 1. The molecule has 1 aromatic carbocycles. The Morgan fingerprint density at radius 2 is 2.09 bits per heavy atom. The van der Waals surface area contributed by atoms with Crippen molar-refractivity contribution in [3.05, 3.63) is 29.8 Å². The average molecular weight is 487 g/mol. The van der Waals surface area contributed by atoms with E-state index in [0.717, 1.165) is 12.0 Å². The molecule has 1 fully saturated rings. The standard InChI is InChI=1S/C26H38N4O5/c1-6-26(4)14-20(31)30(24(27)29-26)18(11-12-34-5)16-13-17(16)23(33)28-21-15-9-7-8-10-19(15)35-25(2,3)22(21)32/h7-10,16-18,21-22,32H,6,11-14H2,1-5H3,(H2,27,29)(H,28,33)/t16-,17-,18+,21+,22-,26-/m0/s1. The predicted octanol–water partition coefficient (Wildman–Crippen LogP) is 2.13. The summed E-state index contributed by atoms with van der Waals surface area (Å²) in [4.78, 5) is 32.7. The Morgan fingerprint density at radius 3 is 2.74 bits per heavy atom. The SMILES string of the molecule is CC[C@@]1(C)CC(=O)N([C@H](CCOC)[C@H]2C[C@@H]2C(=O)N[C@@H]2c3ccccc3OC(C)(C)[C@H]2O)C(N)=N1. The number of carbonyl (C=O) groups excluding carboxylic acids is 2. The molecule has 192 valence electrons. The number of nitrogens with one attached hydrogen (secondary N) is 1. The van der Waals surface area contributed by atoms with Crippen LogP contribution in [0, 0.1) is 11.8 Å². The zero-order chi connectivity index (χ0) is 25.5. The van der Waals surface area contributed by atoms with Gasteiger partial charge in [-0.15, -0.1) is 0 Å². The van der Waals surface area contributed by atoms with Crippen molar-refractivity contribution in [3.63, 3.8) is 0 Å². The highest BCUT2D eigenvalue weighted by Gasteiger charge is 2.53. The highest BCUT2D eigenvalue weighted by atomic mass is 16.5. The molecule has 4 N–H and O–H groups in total. The second kappa shape index (κ2) is 9.43. The molecule has 4 rings (SSSR count). The number of carbonyl (C=O) groups is 2. The first-order valence-electron chi connectivity index (χ1n) is 12.4. The molecule has 35 heavy (non-hydrogen) atoms. The number of fused-ring (bicyclic) bond motifs is 1. The monoisotopic (exact) mass is 486 g/mol. The predicted molar refractivity (Wildman–Crippen MR) is 132 cm³/mol. The van der Waals surface area contributed by atoms with Crippen LogP contribution in [0.2, 0.25) is 0 Å². The topological polar surface area (TPSA) is 126 Å². The van der Waals surface area contributed by atoms with Crippen LogP contribution in [0.15, 0.2) is 29.3 Å². The Morgan fingerprint density at radius 1 is 1.37 bits per heavy atom. The Labute approximate surface area is 207 Å². The Bertz CT molecular complexity index is 1010. The molecule has 1 aromatic rings. The maximum Gasteiger partial charge on any atom is 0.231 e. The summed E-state index contributed by atoms with van der Waals surface area (Å²) in [6.07, 6.45) is 1.28. The van der Waals surface area contributed by atoms with Gasteiger partial charge in [0.05, 0.1) is 18.0 Å². The van der Waals surface area contributed by atoms with Gasteiger partial charge in [-0.2, -0.15) is 0 Å². The lowest BCUT2D eigenvalue weighted by Crippen LogP contribution is -2.56. The van der Waals surface area contributed by atoms with Crippen molar-refractivity contribution in [2.75, 3.05) is 13.7 Å². The van der Waals surface area contributed by atoms with Crippen molar-refractivity contribution < 1.29 is 24.2 Å². The number of hydrogen-bond donors (Lipinski definition) is 3. The Balaban J connectivity index is 1.52. The van der Waals surface area contributed by atoms with Crippen LogP contribution in [-0.4, -0.2) is 64.8 Å². The summed E-state index contributed by atoms with van der Waals surface area (Å²) in [5.41, 5.74) is 5.70. The Hall–Kier alpha value is -2.65. The first kappa shape index (κ1) is 25.4. The van der Waals surface area contributed by atoms with E-state index in [-0.39, 0.29) is 42.1 Å². The number of aliphatic hydroxyl groups excluding tert-OH is 1. The van der Waals surface area contributed by atoms with E-state index in [9.17, 15) is 14.7 Å². The van der Waals surface area contributed by atoms with E-state index < -0.39 is 23.3 Å². The van der Waals surface area contributed by atoms with E-state index in [0.29, 0.717) is 25.2 Å². The van der Waals surface area contributed by atoms with Gasteiger partial charge in [-0.05, 0) is 52.0 Å². The highest BCUT2D eigenvalue weighted by molar-refractivity contribution is 5.99. The number of benzene rings is 1. The van der Waals surface area contributed by atoms with E-state index in [4.69, 9.17) is 15.2 Å². The molecular weight excluding hydrogens is 448 g/mol. The summed E-state index contributed by atoms with van der Waals surface area (Å²) in [5, 5.41) is 14.1. The number of rotatable bonds is 8. The van der Waals surface area contributed by atoms with Gasteiger partial charge in [0.2, 0.25) is 11.8 Å². The van der Waals surface area contributed by atoms with Gasteiger partial charge in [-0.25, -0.2) is 4.99 Å². The van der Waals surface area contributed by atoms with Crippen molar-refractivity contribution in [3.8, 4) is 5.75 Å². The fourth-order valence-corrected chi connectivity index (χ4v) is 5.34. The van der Waals surface area contributed by atoms with Crippen molar-refractivity contribution in [2.24, 2.45) is 22.6 Å². The first-order chi connectivity index (χ1) is 16.5. The number of aliphatic imine (C=N–C) groups is 1. The lowest BCUT2D eigenvalue weighted by molar-refractivity contribution is -0.133. The van der Waals surface area contributed by atoms with Crippen molar-refractivity contribution in [1.29, 1.82) is 0 Å². The van der Waals surface area contributed by atoms with Crippen LogP contribution in [0.4, 0.5) is 0 Å². The third-order valence-electron chi connectivity index (χ3n) is 7.77. The van der Waals surface area contributed by atoms with Crippen molar-refractivity contribution >= 4 is 17.8 Å². The van der Waals surface area contributed by atoms with Gasteiger partial charge >= 0.3 is 0 Å². The molecule has 1 saturated carbocycles. The fraction of sp³-hybridized carbons (Fsp3) is 0.654. The number of hydrogen-bond acceptors (Lipinski definition) is 7. The van der Waals surface area contributed by atoms with E-state index in [1.165, 1.54) is 0 Å². The molecular formula is C26H38N4O5. The van der Waals surface area contributed by atoms with Gasteiger partial charge < -0.3 is 25.6 Å². The second-order valence-corrected chi connectivity index (χ2v) is 10.8. The summed E-state index contributed by atoms with van der Waals surface area (Å²) >= 11 is 0. The van der Waals surface area contributed by atoms with Crippen LogP contribution in [0.25, 0.3) is 0 Å². The number of guanidine groups is 1. The summed E-state index contributed by atoms with van der Waals surface area (Å²) in [7, 11) is 1.61. The lowest BCUT2D eigenvalue weighted by atomic mass is 9.86. The fourth-order valence-electron chi connectivity index (χ4n) is 5.34. The van der Waals surface area contributed by atoms with Crippen LogP contribution in [0.3, 0.4) is 0 Å². The second-order valence-electron chi connectivity index (χ2n) is 10.8. The Kier molecular flexibility index (Phi) is 6.85. The molecule has 6 atom stereocenters. The summed E-state index contributed by atoms with van der Waals surface area (Å²) in [5.74, 6) is 0.307. The number of ether oxygens (including phenoxy) is 2. The number of methoxy groups -OCH3 is 1. The first-order valence-corrected chi connectivity index (χ1v) is 12.4. The number of nitrogens with zero attached hydrogens (tertiary/aromatic N) is 2. The van der Waals surface area contributed by atoms with Gasteiger partial charge in [0.15, 0.2) is 5.96 Å². The molecule has 0 spiro atoms. The summed E-state index contributed by atoms with van der Waals surface area (Å²) in [6, 6.07) is 6.58. The van der Waals surface area contributed by atoms with E-state index in [1.807, 2.05) is 52.0 Å². The normalized spacial score (nSPS) is 32.2. The molecule has 0 bridgehead atoms. The molecule has 0 unspecified atom stereocenters. The quantitative estimate of drug-likeness (QED) is 0.517. The van der Waals surface area contributed by atoms with E-state index in [2.05, 4.69) is 10.3 Å². The molecule has 2 heterocycles. The van der Waals surface area contributed by atoms with Crippen LogP contribution < -0.4 is 15.8 Å². The molecule has 0 radical (unpaired) electrons. The van der Waals surface area contributed by atoms with Crippen molar-refractivity contribution in [1.82, 2.24) is 10.2 Å². The maximum absolute atomic E-state index is 13.4. The van der Waals surface area contributed by atoms with Gasteiger partial charge in [0.1, 0.15) is 17.5 Å². The number of amides is 2. The molecule has 0 aromatic heterocycles. The van der Waals surface area contributed by atoms with Gasteiger partial charge in [-0.1, -0.05) is 25.1 Å². The summed E-state index contributed by atoms with van der Waals surface area (Å²) in [6.45, 7) is 7.99. The summed E-state index contributed by atoms with van der Waals surface area (Å²) < 4.78 is 11.3. The minimum atomic E-state index is -0.916. The lowest BCUT2D eigenvalue weighted by Gasteiger charge is -2.42. The average Bonchev–Trinajstić information content (AvgIpc) is 3.59. The van der Waals surface area contributed by atoms with Crippen LogP contribution >= 0.6 is 0 Å². The molecule has 2 amide bonds. The minimum absolute atomic E-state index is 0.0610. The number of nitrogens with two attached hydrogens (primary N) is 1. The zero-order valence-electron chi connectivity index (χ0n) is 21.3. The molecule has 3 aliphatic rings. The van der Waals surface area contributed by atoms with Gasteiger partial charge in [0.25, 0.3) is 0 Å². The molecule has 0 saturated heterocycles. The third kappa shape index (κ3) is 4.89. The van der Waals surface area contributed by atoms with Crippen LogP contribution in [0.5, 0.6) is 5.75 Å². The molecule has 2 aliphatic heterocycles. The largest absolute Gasteiger partial charge is 0.485 e. The minimum Gasteiger partial charge on any atom is -0.485 e. The molecule has 9 heteroatoms.